The fourth-order valence-electron chi connectivity index (χ4n) is 5.06. The first-order valence-electron chi connectivity index (χ1n) is 13.5. The summed E-state index contributed by atoms with van der Waals surface area (Å²) in [5.74, 6) is 0.811. The fourth-order valence-corrected chi connectivity index (χ4v) is 6.08. The molecule has 1 aliphatic heterocycles. The number of nitrogens with zero attached hydrogens (tertiary/aromatic N) is 2. The number of carbonyl (C=O) groups excluding carboxylic acids is 2. The van der Waals surface area contributed by atoms with Gasteiger partial charge in [-0.2, -0.15) is 0 Å². The highest BCUT2D eigenvalue weighted by molar-refractivity contribution is 7.07. The minimum atomic E-state index is -0.903. The van der Waals surface area contributed by atoms with Crippen molar-refractivity contribution in [2.24, 2.45) is 4.99 Å². The molecule has 1 atom stereocenters. The summed E-state index contributed by atoms with van der Waals surface area (Å²) in [6, 6.07) is 12.8. The molecule has 0 N–H and O–H groups in total. The van der Waals surface area contributed by atoms with Crippen molar-refractivity contribution in [3.8, 4) is 28.6 Å². The van der Waals surface area contributed by atoms with Gasteiger partial charge in [-0.1, -0.05) is 29.5 Å². The molecule has 0 radical (unpaired) electrons. The first kappa shape index (κ1) is 30.4. The van der Waals surface area contributed by atoms with E-state index in [0.29, 0.717) is 60.5 Å². The first-order chi connectivity index (χ1) is 21.3. The van der Waals surface area contributed by atoms with E-state index in [1.807, 2.05) is 0 Å². The standard InChI is InChI=1S/C32H30N2O9S/c1-7-42-31(37)26-17(2)33-32-34(27(26)18-14-23(38-3)28(40-5)24(15-18)39-4)29(35)25(44-32)16-19-12-13-22(43-19)20-10-8-9-11-21(20)30(36)41-6/h8-16,27H,7H2,1-6H3/b25-16+. The molecule has 4 aromatic rings. The molecule has 0 spiro atoms. The van der Waals surface area contributed by atoms with Gasteiger partial charge < -0.3 is 28.1 Å². The molecule has 228 valence electrons. The maximum atomic E-state index is 14.0. The van der Waals surface area contributed by atoms with Crippen LogP contribution in [-0.2, 0) is 14.3 Å². The third-order valence-corrected chi connectivity index (χ3v) is 8.00. The van der Waals surface area contributed by atoms with E-state index in [0.717, 1.165) is 11.3 Å². The number of esters is 2. The first-order valence-corrected chi connectivity index (χ1v) is 14.3. The number of fused-ring (bicyclic) bond motifs is 1. The Labute approximate surface area is 256 Å². The van der Waals surface area contributed by atoms with Gasteiger partial charge in [0.2, 0.25) is 5.75 Å². The Kier molecular flexibility index (Phi) is 8.72. The van der Waals surface area contributed by atoms with Crippen LogP contribution in [0.15, 0.2) is 74.0 Å². The van der Waals surface area contributed by atoms with E-state index >= 15 is 0 Å². The number of methoxy groups -OCH3 is 4. The second-order valence-corrected chi connectivity index (χ2v) is 10.5. The fraction of sp³-hybridized carbons (Fsp3) is 0.250. The van der Waals surface area contributed by atoms with Crippen molar-refractivity contribution in [3.63, 3.8) is 0 Å². The van der Waals surface area contributed by atoms with Crippen LogP contribution in [0.4, 0.5) is 0 Å². The van der Waals surface area contributed by atoms with Crippen molar-refractivity contribution in [1.82, 2.24) is 4.57 Å². The molecular weight excluding hydrogens is 588 g/mol. The molecule has 11 nitrogen and oxygen atoms in total. The molecule has 0 aliphatic carbocycles. The Bertz CT molecular complexity index is 1940. The predicted molar refractivity (Wildman–Crippen MR) is 162 cm³/mol. The van der Waals surface area contributed by atoms with Gasteiger partial charge in [0.05, 0.1) is 62.5 Å². The molecule has 44 heavy (non-hydrogen) atoms. The molecule has 12 heteroatoms. The Hall–Kier alpha value is -5.10. The van der Waals surface area contributed by atoms with Crippen LogP contribution in [-0.4, -0.2) is 51.6 Å². The summed E-state index contributed by atoms with van der Waals surface area (Å²) in [6.45, 7) is 3.55. The van der Waals surface area contributed by atoms with Gasteiger partial charge in [-0.3, -0.25) is 9.36 Å². The van der Waals surface area contributed by atoms with Crippen molar-refractivity contribution in [2.45, 2.75) is 19.9 Å². The minimum absolute atomic E-state index is 0.141. The number of aromatic nitrogens is 1. The van der Waals surface area contributed by atoms with E-state index in [1.54, 1.807) is 68.5 Å². The van der Waals surface area contributed by atoms with Gasteiger partial charge in [0.15, 0.2) is 16.3 Å². The van der Waals surface area contributed by atoms with Gasteiger partial charge in [-0.15, -0.1) is 0 Å². The van der Waals surface area contributed by atoms with E-state index in [-0.39, 0.29) is 12.2 Å². The summed E-state index contributed by atoms with van der Waals surface area (Å²) < 4.78 is 34.7. The lowest BCUT2D eigenvalue weighted by Gasteiger charge is -2.26. The van der Waals surface area contributed by atoms with E-state index in [2.05, 4.69) is 4.99 Å². The molecule has 2 aromatic carbocycles. The van der Waals surface area contributed by atoms with Gasteiger partial charge in [-0.05, 0) is 49.7 Å². The maximum Gasteiger partial charge on any atom is 0.338 e. The largest absolute Gasteiger partial charge is 0.493 e. The zero-order valence-corrected chi connectivity index (χ0v) is 25.8. The van der Waals surface area contributed by atoms with Crippen molar-refractivity contribution >= 4 is 29.4 Å². The summed E-state index contributed by atoms with van der Waals surface area (Å²) in [5.41, 5.74) is 1.66. The van der Waals surface area contributed by atoms with Crippen LogP contribution in [0.3, 0.4) is 0 Å². The average Bonchev–Trinajstić information content (AvgIpc) is 3.62. The monoisotopic (exact) mass is 618 g/mol. The van der Waals surface area contributed by atoms with Crippen molar-refractivity contribution in [2.75, 3.05) is 35.0 Å². The zero-order chi connectivity index (χ0) is 31.5. The number of hydrogen-bond donors (Lipinski definition) is 0. The van der Waals surface area contributed by atoms with Gasteiger partial charge >= 0.3 is 11.9 Å². The van der Waals surface area contributed by atoms with Crippen LogP contribution in [0.5, 0.6) is 17.2 Å². The summed E-state index contributed by atoms with van der Waals surface area (Å²) in [6.07, 6.45) is 1.60. The number of ether oxygens (including phenoxy) is 5. The SMILES string of the molecule is CCOC(=O)C1=C(C)N=c2s/c(=C/c3ccc(-c4ccccc4C(=O)OC)o3)c(=O)n2C1c1cc(OC)c(OC)c(OC)c1. The van der Waals surface area contributed by atoms with E-state index in [4.69, 9.17) is 28.1 Å². The molecule has 3 heterocycles. The Morgan fingerprint density at radius 3 is 2.34 bits per heavy atom. The molecule has 5 rings (SSSR count). The molecule has 1 aliphatic rings. The summed E-state index contributed by atoms with van der Waals surface area (Å²) in [4.78, 5) is 44.6. The second kappa shape index (κ2) is 12.6. The molecule has 0 saturated heterocycles. The average molecular weight is 619 g/mol. The lowest BCUT2D eigenvalue weighted by Crippen LogP contribution is -2.40. The van der Waals surface area contributed by atoms with Crippen molar-refractivity contribution < 1.29 is 37.7 Å². The quantitative estimate of drug-likeness (QED) is 0.257. The van der Waals surface area contributed by atoms with E-state index < -0.39 is 23.5 Å². The molecule has 0 bridgehead atoms. The normalized spacial score (nSPS) is 14.5. The number of benzene rings is 2. The number of hydrogen-bond acceptors (Lipinski definition) is 11. The van der Waals surface area contributed by atoms with Crippen LogP contribution in [0.25, 0.3) is 17.4 Å². The molecule has 1 unspecified atom stereocenters. The van der Waals surface area contributed by atoms with E-state index in [9.17, 15) is 14.4 Å². The summed E-state index contributed by atoms with van der Waals surface area (Å²) in [5, 5.41) is 0. The number of carbonyl (C=O) groups is 2. The predicted octanol–water partition coefficient (Wildman–Crippen LogP) is 3.87. The summed E-state index contributed by atoms with van der Waals surface area (Å²) in [7, 11) is 5.78. The molecule has 0 fully saturated rings. The zero-order valence-electron chi connectivity index (χ0n) is 25.0. The van der Waals surface area contributed by atoms with Crippen LogP contribution < -0.4 is 29.1 Å². The molecule has 2 aromatic heterocycles. The highest BCUT2D eigenvalue weighted by Crippen LogP contribution is 2.42. The third kappa shape index (κ3) is 5.39. The van der Waals surface area contributed by atoms with Crippen molar-refractivity contribution in [3.05, 3.63) is 96.4 Å². The minimum Gasteiger partial charge on any atom is -0.493 e. The van der Waals surface area contributed by atoms with Gasteiger partial charge in [0.1, 0.15) is 11.5 Å². The number of furan rings is 1. The lowest BCUT2D eigenvalue weighted by atomic mass is 9.95. The highest BCUT2D eigenvalue weighted by Gasteiger charge is 2.34. The smallest absolute Gasteiger partial charge is 0.338 e. The van der Waals surface area contributed by atoms with E-state index in [1.165, 1.54) is 33.0 Å². The van der Waals surface area contributed by atoms with Crippen LogP contribution in [0, 0.1) is 0 Å². The van der Waals surface area contributed by atoms with Crippen LogP contribution in [0.2, 0.25) is 0 Å². The van der Waals surface area contributed by atoms with Crippen molar-refractivity contribution in [1.29, 1.82) is 0 Å². The lowest BCUT2D eigenvalue weighted by molar-refractivity contribution is -0.139. The highest BCUT2D eigenvalue weighted by atomic mass is 32.1. The topological polar surface area (TPSA) is 128 Å². The Morgan fingerprint density at radius 2 is 1.70 bits per heavy atom. The second-order valence-electron chi connectivity index (χ2n) is 9.50. The Morgan fingerprint density at radius 1 is 1.00 bits per heavy atom. The summed E-state index contributed by atoms with van der Waals surface area (Å²) >= 11 is 1.15. The van der Waals surface area contributed by atoms with Gasteiger partial charge in [0.25, 0.3) is 5.56 Å². The van der Waals surface area contributed by atoms with Gasteiger partial charge in [-0.25, -0.2) is 14.6 Å². The molecule has 0 amide bonds. The molecule has 0 saturated carbocycles. The Balaban J connectivity index is 1.68. The number of thiazole rings is 1. The van der Waals surface area contributed by atoms with Crippen LogP contribution in [0.1, 0.15) is 41.6 Å². The van der Waals surface area contributed by atoms with Gasteiger partial charge in [0, 0.05) is 11.6 Å². The number of allylic oxidation sites excluding steroid dienone is 1. The third-order valence-electron chi connectivity index (χ3n) is 7.02. The molecular formula is C32H30N2O9S. The van der Waals surface area contributed by atoms with Crippen LogP contribution >= 0.6 is 11.3 Å². The maximum absolute atomic E-state index is 14.0. The number of rotatable bonds is 9.